The van der Waals surface area contributed by atoms with Gasteiger partial charge in [0.15, 0.2) is 0 Å². The molecule has 2 aromatic rings. The number of benzene rings is 2. The second-order valence-corrected chi connectivity index (χ2v) is 4.22. The molecule has 0 spiro atoms. The first-order valence-corrected chi connectivity index (χ1v) is 5.85. The maximum absolute atomic E-state index is 9.84. The fraction of sp³-hybridized carbons (Fsp3) is 0.200. The molecule has 2 aromatic carbocycles. The van der Waals surface area contributed by atoms with Crippen LogP contribution in [0.25, 0.3) is 0 Å². The molecule has 0 heterocycles. The molecule has 18 heavy (non-hydrogen) atoms. The van der Waals surface area contributed by atoms with Crippen LogP contribution in [0.4, 0.5) is 5.69 Å². The molecule has 94 valence electrons. The number of methoxy groups -OCH3 is 1. The first kappa shape index (κ1) is 12.3. The summed E-state index contributed by atoms with van der Waals surface area (Å²) < 4.78 is 5.05. The molecule has 0 fully saturated rings. The van der Waals surface area contributed by atoms with E-state index in [9.17, 15) is 5.11 Å². The number of hydrogen-bond acceptors (Lipinski definition) is 3. The van der Waals surface area contributed by atoms with Gasteiger partial charge in [-0.05, 0) is 36.8 Å². The van der Waals surface area contributed by atoms with Crippen molar-refractivity contribution in [1.29, 1.82) is 0 Å². The second-order valence-electron chi connectivity index (χ2n) is 4.22. The van der Waals surface area contributed by atoms with E-state index in [0.717, 1.165) is 11.3 Å². The van der Waals surface area contributed by atoms with Gasteiger partial charge in [-0.3, -0.25) is 0 Å². The molecule has 2 rings (SSSR count). The minimum absolute atomic E-state index is 0.245. The molecule has 0 unspecified atom stereocenters. The SMILES string of the molecule is COc1ccc(CNc2cccc(C)c2)c(O)c1. The largest absolute Gasteiger partial charge is 0.507 e. The van der Waals surface area contributed by atoms with Crippen molar-refractivity contribution in [1.82, 2.24) is 0 Å². The topological polar surface area (TPSA) is 41.5 Å². The van der Waals surface area contributed by atoms with Crippen molar-refractivity contribution < 1.29 is 9.84 Å². The van der Waals surface area contributed by atoms with Crippen molar-refractivity contribution in [3.05, 3.63) is 53.6 Å². The molecule has 2 N–H and O–H groups in total. The van der Waals surface area contributed by atoms with E-state index in [4.69, 9.17) is 4.74 Å². The predicted octanol–water partition coefficient (Wildman–Crippen LogP) is 3.32. The van der Waals surface area contributed by atoms with Gasteiger partial charge in [0, 0.05) is 23.9 Å². The van der Waals surface area contributed by atoms with Gasteiger partial charge in [-0.25, -0.2) is 0 Å². The summed E-state index contributed by atoms with van der Waals surface area (Å²) in [6.07, 6.45) is 0. The average Bonchev–Trinajstić information content (AvgIpc) is 2.37. The number of ether oxygens (including phenoxy) is 1. The molecule has 0 amide bonds. The molecule has 0 aliphatic rings. The average molecular weight is 243 g/mol. The van der Waals surface area contributed by atoms with Crippen molar-refractivity contribution in [2.75, 3.05) is 12.4 Å². The van der Waals surface area contributed by atoms with Crippen LogP contribution in [0.1, 0.15) is 11.1 Å². The Kier molecular flexibility index (Phi) is 3.72. The first-order chi connectivity index (χ1) is 8.69. The Morgan fingerprint density at radius 3 is 2.67 bits per heavy atom. The number of rotatable bonds is 4. The molecule has 3 heteroatoms. The maximum atomic E-state index is 9.84. The van der Waals surface area contributed by atoms with Gasteiger partial charge in [-0.2, -0.15) is 0 Å². The van der Waals surface area contributed by atoms with Crippen LogP contribution in [0.15, 0.2) is 42.5 Å². The van der Waals surface area contributed by atoms with E-state index in [1.165, 1.54) is 5.56 Å². The van der Waals surface area contributed by atoms with Crippen LogP contribution in [-0.4, -0.2) is 12.2 Å². The molecule has 0 aliphatic heterocycles. The molecule has 0 saturated carbocycles. The lowest BCUT2D eigenvalue weighted by Gasteiger charge is -2.09. The van der Waals surface area contributed by atoms with Crippen LogP contribution in [0, 0.1) is 6.92 Å². The highest BCUT2D eigenvalue weighted by Crippen LogP contribution is 2.24. The predicted molar refractivity (Wildman–Crippen MR) is 73.2 cm³/mol. The Balaban J connectivity index is 2.06. The molecular weight excluding hydrogens is 226 g/mol. The van der Waals surface area contributed by atoms with E-state index in [0.29, 0.717) is 12.3 Å². The highest BCUT2D eigenvalue weighted by atomic mass is 16.5. The van der Waals surface area contributed by atoms with Gasteiger partial charge in [0.25, 0.3) is 0 Å². The molecule has 0 bridgehead atoms. The number of aryl methyl sites for hydroxylation is 1. The second kappa shape index (κ2) is 5.45. The van der Waals surface area contributed by atoms with Gasteiger partial charge in [-0.1, -0.05) is 12.1 Å². The normalized spacial score (nSPS) is 10.1. The van der Waals surface area contributed by atoms with Crippen molar-refractivity contribution in [2.24, 2.45) is 0 Å². The standard InChI is InChI=1S/C15H17NO2/c1-11-4-3-5-13(8-11)16-10-12-6-7-14(18-2)9-15(12)17/h3-9,16-17H,10H2,1-2H3. The van der Waals surface area contributed by atoms with Crippen molar-refractivity contribution in [3.63, 3.8) is 0 Å². The molecule has 0 radical (unpaired) electrons. The van der Waals surface area contributed by atoms with E-state index in [1.807, 2.05) is 24.3 Å². The number of phenols is 1. The molecule has 0 aliphatic carbocycles. The van der Waals surface area contributed by atoms with Gasteiger partial charge in [0.05, 0.1) is 7.11 Å². The minimum Gasteiger partial charge on any atom is -0.507 e. The third-order valence-corrected chi connectivity index (χ3v) is 2.79. The summed E-state index contributed by atoms with van der Waals surface area (Å²) in [5.41, 5.74) is 3.10. The zero-order valence-electron chi connectivity index (χ0n) is 10.6. The Bertz CT molecular complexity index is 538. The molecule has 0 atom stereocenters. The lowest BCUT2D eigenvalue weighted by atomic mass is 10.1. The van der Waals surface area contributed by atoms with Crippen LogP contribution in [0.3, 0.4) is 0 Å². The molecule has 0 saturated heterocycles. The quantitative estimate of drug-likeness (QED) is 0.865. The lowest BCUT2D eigenvalue weighted by Crippen LogP contribution is -2.00. The fourth-order valence-corrected chi connectivity index (χ4v) is 1.77. The highest BCUT2D eigenvalue weighted by Gasteiger charge is 2.03. The molecule has 0 aromatic heterocycles. The van der Waals surface area contributed by atoms with Crippen LogP contribution in [-0.2, 0) is 6.54 Å². The smallest absolute Gasteiger partial charge is 0.124 e. The van der Waals surface area contributed by atoms with Crippen LogP contribution >= 0.6 is 0 Å². The maximum Gasteiger partial charge on any atom is 0.124 e. The van der Waals surface area contributed by atoms with E-state index < -0.39 is 0 Å². The molecule has 3 nitrogen and oxygen atoms in total. The zero-order chi connectivity index (χ0) is 13.0. The van der Waals surface area contributed by atoms with Gasteiger partial charge >= 0.3 is 0 Å². The summed E-state index contributed by atoms with van der Waals surface area (Å²) in [5, 5.41) is 13.1. The van der Waals surface area contributed by atoms with Crippen molar-refractivity contribution in [2.45, 2.75) is 13.5 Å². The summed E-state index contributed by atoms with van der Waals surface area (Å²) in [7, 11) is 1.58. The third-order valence-electron chi connectivity index (χ3n) is 2.79. The van der Waals surface area contributed by atoms with Gasteiger partial charge in [-0.15, -0.1) is 0 Å². The minimum atomic E-state index is 0.245. The van der Waals surface area contributed by atoms with Crippen molar-refractivity contribution in [3.8, 4) is 11.5 Å². The summed E-state index contributed by atoms with van der Waals surface area (Å²) in [4.78, 5) is 0. The van der Waals surface area contributed by atoms with E-state index in [-0.39, 0.29) is 5.75 Å². The van der Waals surface area contributed by atoms with E-state index in [1.54, 1.807) is 13.2 Å². The Labute approximate surface area is 107 Å². The lowest BCUT2D eigenvalue weighted by molar-refractivity contribution is 0.406. The first-order valence-electron chi connectivity index (χ1n) is 5.85. The molecular formula is C15H17NO2. The zero-order valence-corrected chi connectivity index (χ0v) is 10.6. The van der Waals surface area contributed by atoms with Crippen LogP contribution in [0.5, 0.6) is 11.5 Å². The number of phenolic OH excluding ortho intramolecular Hbond substituents is 1. The van der Waals surface area contributed by atoms with Crippen molar-refractivity contribution >= 4 is 5.69 Å². The Morgan fingerprint density at radius 1 is 1.17 bits per heavy atom. The van der Waals surface area contributed by atoms with Crippen LogP contribution < -0.4 is 10.1 Å². The van der Waals surface area contributed by atoms with E-state index in [2.05, 4.69) is 24.4 Å². The Hall–Kier alpha value is -2.16. The fourth-order valence-electron chi connectivity index (χ4n) is 1.77. The summed E-state index contributed by atoms with van der Waals surface area (Å²) in [6, 6.07) is 13.5. The van der Waals surface area contributed by atoms with Crippen LogP contribution in [0.2, 0.25) is 0 Å². The number of aromatic hydroxyl groups is 1. The summed E-state index contributed by atoms with van der Waals surface area (Å²) >= 11 is 0. The van der Waals surface area contributed by atoms with Gasteiger partial charge < -0.3 is 15.2 Å². The monoisotopic (exact) mass is 243 g/mol. The number of anilines is 1. The summed E-state index contributed by atoms with van der Waals surface area (Å²) in [5.74, 6) is 0.904. The third kappa shape index (κ3) is 2.94. The van der Waals surface area contributed by atoms with E-state index >= 15 is 0 Å². The Morgan fingerprint density at radius 2 is 2.00 bits per heavy atom. The van der Waals surface area contributed by atoms with Gasteiger partial charge in [0.2, 0.25) is 0 Å². The highest BCUT2D eigenvalue weighted by molar-refractivity contribution is 5.48. The summed E-state index contributed by atoms with van der Waals surface area (Å²) in [6.45, 7) is 2.63. The van der Waals surface area contributed by atoms with Gasteiger partial charge in [0.1, 0.15) is 11.5 Å². The number of hydrogen-bond donors (Lipinski definition) is 2. The number of nitrogens with one attached hydrogen (secondary N) is 1.